The van der Waals surface area contributed by atoms with Crippen LogP contribution < -0.4 is 4.31 Å². The fourth-order valence-corrected chi connectivity index (χ4v) is 3.64. The number of H-pyrrole nitrogens is 1. The normalized spacial score (nSPS) is 11.2. The molecule has 2 heterocycles. The number of anilines is 1. The molecule has 122 valence electrons. The first-order valence-corrected chi connectivity index (χ1v) is 8.38. The molecule has 2 aromatic heterocycles. The first-order chi connectivity index (χ1) is 11.5. The molecule has 0 amide bonds. The Labute approximate surface area is 138 Å². The highest BCUT2D eigenvalue weighted by atomic mass is 32.2. The van der Waals surface area contributed by atoms with Crippen LogP contribution in [0.5, 0.6) is 0 Å². The third-order valence-corrected chi connectivity index (χ3v) is 5.07. The van der Waals surface area contributed by atoms with E-state index in [1.165, 1.54) is 30.6 Å². The van der Waals surface area contributed by atoms with Crippen LogP contribution in [-0.2, 0) is 16.6 Å². The van der Waals surface area contributed by atoms with Gasteiger partial charge >= 0.3 is 0 Å². The molecule has 0 aliphatic carbocycles. The number of aromatic amines is 1. The minimum absolute atomic E-state index is 0.0130. The van der Waals surface area contributed by atoms with Crippen LogP contribution in [0.25, 0.3) is 0 Å². The standard InChI is InChI=1S/C15H13N5O3S/c1-11-5-14(23-19-11)10-20(13-8-17-18-9-13)24(21,22)15-4-2-3-12(6-15)7-16/h2-6,8-9H,10H2,1H3,(H,17,18). The monoisotopic (exact) mass is 343 g/mol. The van der Waals surface area contributed by atoms with Gasteiger partial charge in [0.2, 0.25) is 0 Å². The first-order valence-electron chi connectivity index (χ1n) is 6.94. The maximum absolute atomic E-state index is 13.0. The van der Waals surface area contributed by atoms with Crippen molar-refractivity contribution >= 4 is 15.7 Å². The van der Waals surface area contributed by atoms with Crippen molar-refractivity contribution in [2.24, 2.45) is 0 Å². The Balaban J connectivity index is 2.05. The van der Waals surface area contributed by atoms with E-state index in [1.807, 2.05) is 6.07 Å². The van der Waals surface area contributed by atoms with Crippen molar-refractivity contribution < 1.29 is 12.9 Å². The van der Waals surface area contributed by atoms with Crippen molar-refractivity contribution in [2.45, 2.75) is 18.4 Å². The predicted molar refractivity (Wildman–Crippen MR) is 84.4 cm³/mol. The van der Waals surface area contributed by atoms with Crippen LogP contribution in [0.2, 0.25) is 0 Å². The van der Waals surface area contributed by atoms with Gasteiger partial charge in [0.05, 0.1) is 40.7 Å². The number of hydrogen-bond acceptors (Lipinski definition) is 6. The average molecular weight is 343 g/mol. The molecule has 0 spiro atoms. The highest BCUT2D eigenvalue weighted by molar-refractivity contribution is 7.92. The molecule has 0 atom stereocenters. The second kappa shape index (κ2) is 6.17. The van der Waals surface area contributed by atoms with Crippen LogP contribution in [0.4, 0.5) is 5.69 Å². The number of aryl methyl sites for hydroxylation is 1. The number of benzene rings is 1. The van der Waals surface area contributed by atoms with E-state index in [1.54, 1.807) is 19.1 Å². The first kappa shape index (κ1) is 15.8. The summed E-state index contributed by atoms with van der Waals surface area (Å²) in [7, 11) is -3.91. The molecule has 0 fully saturated rings. The summed E-state index contributed by atoms with van der Waals surface area (Å²) in [5.41, 5.74) is 1.27. The van der Waals surface area contributed by atoms with Gasteiger partial charge in [0.1, 0.15) is 0 Å². The van der Waals surface area contributed by atoms with Crippen molar-refractivity contribution in [1.29, 1.82) is 5.26 Å². The minimum atomic E-state index is -3.91. The lowest BCUT2D eigenvalue weighted by Crippen LogP contribution is -2.30. The summed E-state index contributed by atoms with van der Waals surface area (Å²) in [6.07, 6.45) is 2.86. The minimum Gasteiger partial charge on any atom is -0.359 e. The number of nitrogens with one attached hydrogen (secondary N) is 1. The van der Waals surface area contributed by atoms with Crippen LogP contribution in [0.15, 0.2) is 52.1 Å². The van der Waals surface area contributed by atoms with Gasteiger partial charge in [-0.05, 0) is 25.1 Å². The maximum Gasteiger partial charge on any atom is 0.264 e. The fraction of sp³-hybridized carbons (Fsp3) is 0.133. The van der Waals surface area contributed by atoms with Gasteiger partial charge in [-0.15, -0.1) is 0 Å². The smallest absolute Gasteiger partial charge is 0.264 e. The Bertz CT molecular complexity index is 986. The van der Waals surface area contributed by atoms with E-state index in [-0.39, 0.29) is 17.0 Å². The topological polar surface area (TPSA) is 116 Å². The summed E-state index contributed by atoms with van der Waals surface area (Å²) in [5.74, 6) is 0.397. The molecule has 9 heteroatoms. The van der Waals surface area contributed by atoms with Gasteiger partial charge in [-0.3, -0.25) is 9.40 Å². The molecule has 0 radical (unpaired) electrons. The van der Waals surface area contributed by atoms with E-state index < -0.39 is 10.0 Å². The summed E-state index contributed by atoms with van der Waals surface area (Å²) < 4.78 is 32.3. The van der Waals surface area contributed by atoms with Crippen LogP contribution >= 0.6 is 0 Å². The predicted octanol–water partition coefficient (Wildman–Crippen LogP) is 1.97. The molecule has 0 unspecified atom stereocenters. The highest BCUT2D eigenvalue weighted by Crippen LogP contribution is 2.25. The fourth-order valence-electron chi connectivity index (χ4n) is 2.18. The van der Waals surface area contributed by atoms with Crippen LogP contribution in [0, 0.1) is 18.3 Å². The molecule has 0 saturated heterocycles. The number of nitrogens with zero attached hydrogens (tertiary/aromatic N) is 4. The number of hydrogen-bond donors (Lipinski definition) is 1. The van der Waals surface area contributed by atoms with E-state index in [0.29, 0.717) is 17.1 Å². The Morgan fingerprint density at radius 1 is 1.38 bits per heavy atom. The van der Waals surface area contributed by atoms with Crippen molar-refractivity contribution in [2.75, 3.05) is 4.31 Å². The Hall–Kier alpha value is -3.12. The number of sulfonamides is 1. The Morgan fingerprint density at radius 3 is 2.83 bits per heavy atom. The molecular weight excluding hydrogens is 330 g/mol. The van der Waals surface area contributed by atoms with Gasteiger partial charge in [0, 0.05) is 12.3 Å². The average Bonchev–Trinajstić information content (AvgIpc) is 3.24. The SMILES string of the molecule is Cc1cc(CN(c2cn[nH]c2)S(=O)(=O)c2cccc(C#N)c2)on1. The summed E-state index contributed by atoms with van der Waals surface area (Å²) in [6, 6.07) is 9.43. The van der Waals surface area contributed by atoms with Gasteiger partial charge in [-0.2, -0.15) is 10.4 Å². The second-order valence-corrected chi connectivity index (χ2v) is 6.90. The molecule has 0 saturated carbocycles. The van der Waals surface area contributed by atoms with Gasteiger partial charge in [-0.25, -0.2) is 8.42 Å². The zero-order valence-corrected chi connectivity index (χ0v) is 13.5. The molecule has 0 bridgehead atoms. The van der Waals surface area contributed by atoms with E-state index >= 15 is 0 Å². The molecule has 3 rings (SSSR count). The van der Waals surface area contributed by atoms with Crippen LogP contribution in [0.3, 0.4) is 0 Å². The van der Waals surface area contributed by atoms with Gasteiger partial charge < -0.3 is 4.52 Å². The maximum atomic E-state index is 13.0. The van der Waals surface area contributed by atoms with E-state index in [0.717, 1.165) is 4.31 Å². The lowest BCUT2D eigenvalue weighted by Gasteiger charge is -2.21. The van der Waals surface area contributed by atoms with Crippen LogP contribution in [-0.4, -0.2) is 23.8 Å². The third kappa shape index (κ3) is 3.00. The van der Waals surface area contributed by atoms with E-state index in [9.17, 15) is 8.42 Å². The summed E-state index contributed by atoms with van der Waals surface area (Å²) in [6.45, 7) is 1.71. The molecular formula is C15H13N5O3S. The zero-order chi connectivity index (χ0) is 17.2. The number of aromatic nitrogens is 3. The zero-order valence-electron chi connectivity index (χ0n) is 12.7. The Kier molecular flexibility index (Phi) is 4.05. The van der Waals surface area contributed by atoms with Gasteiger partial charge in [0.15, 0.2) is 5.76 Å². The summed E-state index contributed by atoms with van der Waals surface area (Å²) >= 11 is 0. The molecule has 0 aliphatic rings. The molecule has 3 aromatic rings. The molecule has 1 N–H and O–H groups in total. The quantitative estimate of drug-likeness (QED) is 0.757. The third-order valence-electron chi connectivity index (χ3n) is 3.30. The molecule has 1 aromatic carbocycles. The summed E-state index contributed by atoms with van der Waals surface area (Å²) in [4.78, 5) is 0.0130. The van der Waals surface area contributed by atoms with E-state index in [4.69, 9.17) is 9.78 Å². The van der Waals surface area contributed by atoms with Crippen molar-refractivity contribution in [3.63, 3.8) is 0 Å². The Morgan fingerprint density at radius 2 is 2.21 bits per heavy atom. The number of rotatable bonds is 5. The van der Waals surface area contributed by atoms with Gasteiger partial charge in [-0.1, -0.05) is 11.2 Å². The second-order valence-electron chi connectivity index (χ2n) is 5.04. The van der Waals surface area contributed by atoms with Gasteiger partial charge in [0.25, 0.3) is 10.0 Å². The highest BCUT2D eigenvalue weighted by Gasteiger charge is 2.27. The largest absolute Gasteiger partial charge is 0.359 e. The van der Waals surface area contributed by atoms with Crippen molar-refractivity contribution in [3.05, 3.63) is 59.7 Å². The van der Waals surface area contributed by atoms with Crippen LogP contribution in [0.1, 0.15) is 17.0 Å². The lowest BCUT2D eigenvalue weighted by atomic mass is 10.2. The molecule has 0 aliphatic heterocycles. The number of nitriles is 1. The van der Waals surface area contributed by atoms with Crippen molar-refractivity contribution in [1.82, 2.24) is 15.4 Å². The molecule has 8 nitrogen and oxygen atoms in total. The summed E-state index contributed by atoms with van der Waals surface area (Å²) in [5, 5.41) is 19.2. The van der Waals surface area contributed by atoms with E-state index in [2.05, 4.69) is 15.4 Å². The lowest BCUT2D eigenvalue weighted by molar-refractivity contribution is 0.381. The van der Waals surface area contributed by atoms with Crippen molar-refractivity contribution in [3.8, 4) is 6.07 Å². The molecule has 24 heavy (non-hydrogen) atoms.